The summed E-state index contributed by atoms with van der Waals surface area (Å²) in [4.78, 5) is 8.39. The fourth-order valence-electron chi connectivity index (χ4n) is 4.17. The summed E-state index contributed by atoms with van der Waals surface area (Å²) in [5.41, 5.74) is 2.59. The van der Waals surface area contributed by atoms with E-state index in [1.165, 1.54) is 15.6 Å². The molecule has 0 saturated heterocycles. The lowest BCUT2D eigenvalue weighted by Crippen LogP contribution is -2.14. The Morgan fingerprint density at radius 1 is 0.842 bits per heavy atom. The summed E-state index contributed by atoms with van der Waals surface area (Å²) in [6.07, 6.45) is -1.67. The van der Waals surface area contributed by atoms with Crippen LogP contribution in [0.2, 0.25) is 0 Å². The number of benzene rings is 2. The Bertz CT molecular complexity index is 1620. The first kappa shape index (κ1) is 25.0. The smallest absolute Gasteiger partial charge is 0.433 e. The molecule has 0 saturated carbocycles. The van der Waals surface area contributed by atoms with E-state index < -0.39 is 11.9 Å². The monoisotopic (exact) mass is 520 g/mol. The van der Waals surface area contributed by atoms with E-state index in [2.05, 4.69) is 15.1 Å². The van der Waals surface area contributed by atoms with Gasteiger partial charge >= 0.3 is 6.18 Å². The molecule has 0 unspecified atom stereocenters. The van der Waals surface area contributed by atoms with Crippen LogP contribution in [0.4, 0.5) is 13.2 Å². The SMILES string of the molecule is COc1cccc(-c2nn(-c3nc(-c4cnn(C)c4)cc(C(F)(F)F)n3)c(-c3cccc(OC)c3)c2C)c1. The maximum atomic E-state index is 14.0. The highest BCUT2D eigenvalue weighted by Crippen LogP contribution is 2.37. The molecule has 3 aromatic heterocycles. The van der Waals surface area contributed by atoms with Gasteiger partial charge in [-0.1, -0.05) is 24.3 Å². The fraction of sp³-hybridized carbons (Fsp3) is 0.185. The number of aryl methyl sites for hydroxylation is 1. The van der Waals surface area contributed by atoms with Gasteiger partial charge in [0.1, 0.15) is 11.5 Å². The molecule has 0 N–H and O–H groups in total. The van der Waals surface area contributed by atoms with Crippen molar-refractivity contribution in [2.75, 3.05) is 14.2 Å². The van der Waals surface area contributed by atoms with Crippen LogP contribution in [-0.2, 0) is 13.2 Å². The Balaban J connectivity index is 1.80. The van der Waals surface area contributed by atoms with E-state index in [1.54, 1.807) is 51.7 Å². The van der Waals surface area contributed by atoms with Crippen molar-refractivity contribution in [1.82, 2.24) is 29.5 Å². The number of nitrogens with zero attached hydrogens (tertiary/aromatic N) is 6. The quantitative estimate of drug-likeness (QED) is 0.284. The van der Waals surface area contributed by atoms with E-state index in [4.69, 9.17) is 14.6 Å². The third-order valence-corrected chi connectivity index (χ3v) is 6.00. The lowest BCUT2D eigenvalue weighted by Gasteiger charge is -2.12. The summed E-state index contributed by atoms with van der Waals surface area (Å²) in [5.74, 6) is 0.973. The predicted molar refractivity (Wildman–Crippen MR) is 135 cm³/mol. The van der Waals surface area contributed by atoms with Crippen LogP contribution in [-0.4, -0.2) is 43.7 Å². The third-order valence-electron chi connectivity index (χ3n) is 6.00. The molecule has 38 heavy (non-hydrogen) atoms. The van der Waals surface area contributed by atoms with Gasteiger partial charge < -0.3 is 9.47 Å². The van der Waals surface area contributed by atoms with E-state index >= 15 is 0 Å². The Morgan fingerprint density at radius 2 is 1.50 bits per heavy atom. The van der Waals surface area contributed by atoms with Crippen molar-refractivity contribution in [3.63, 3.8) is 0 Å². The lowest BCUT2D eigenvalue weighted by atomic mass is 10.0. The Labute approximate surface area is 216 Å². The standard InChI is InChI=1S/C27H23F3N6O2/c1-16-24(17-7-5-9-20(11-17)37-3)34-36(25(16)18-8-6-10-21(12-18)38-4)26-32-22(19-14-31-35(2)15-19)13-23(33-26)27(28,29)30/h5-15H,1-4H3. The van der Waals surface area contributed by atoms with Crippen LogP contribution in [0.5, 0.6) is 11.5 Å². The number of methoxy groups -OCH3 is 2. The van der Waals surface area contributed by atoms with Crippen molar-refractivity contribution < 1.29 is 22.6 Å². The minimum absolute atomic E-state index is 0.0723. The van der Waals surface area contributed by atoms with Crippen LogP contribution in [0.25, 0.3) is 39.7 Å². The predicted octanol–water partition coefficient (Wildman–Crippen LogP) is 5.74. The van der Waals surface area contributed by atoms with Crippen molar-refractivity contribution in [3.8, 4) is 51.2 Å². The summed E-state index contributed by atoms with van der Waals surface area (Å²) in [6, 6.07) is 15.4. The van der Waals surface area contributed by atoms with Gasteiger partial charge in [-0.3, -0.25) is 4.68 Å². The van der Waals surface area contributed by atoms with E-state index in [-0.39, 0.29) is 11.6 Å². The van der Waals surface area contributed by atoms with Gasteiger partial charge in [0, 0.05) is 35.5 Å². The molecule has 0 spiro atoms. The van der Waals surface area contributed by atoms with Crippen LogP contribution in [0.3, 0.4) is 0 Å². The fourth-order valence-corrected chi connectivity index (χ4v) is 4.17. The van der Waals surface area contributed by atoms with Gasteiger partial charge in [0.15, 0.2) is 5.69 Å². The molecule has 0 fully saturated rings. The van der Waals surface area contributed by atoms with Crippen molar-refractivity contribution in [3.05, 3.63) is 78.2 Å². The molecule has 0 aliphatic rings. The molecule has 0 aliphatic carbocycles. The first-order valence-electron chi connectivity index (χ1n) is 11.5. The highest BCUT2D eigenvalue weighted by Gasteiger charge is 2.35. The van der Waals surface area contributed by atoms with E-state index in [0.717, 1.165) is 17.2 Å². The average Bonchev–Trinajstić information content (AvgIpc) is 3.51. The zero-order chi connectivity index (χ0) is 27.0. The molecular weight excluding hydrogens is 497 g/mol. The number of alkyl halides is 3. The topological polar surface area (TPSA) is 79.9 Å². The van der Waals surface area contributed by atoms with Crippen LogP contribution in [0.1, 0.15) is 11.3 Å². The minimum Gasteiger partial charge on any atom is -0.497 e. The molecule has 0 bridgehead atoms. The second-order valence-electron chi connectivity index (χ2n) is 8.54. The zero-order valence-electron chi connectivity index (χ0n) is 21.0. The van der Waals surface area contributed by atoms with Gasteiger partial charge in [0.2, 0.25) is 0 Å². The van der Waals surface area contributed by atoms with Crippen molar-refractivity contribution in [2.24, 2.45) is 7.05 Å². The van der Waals surface area contributed by atoms with Crippen LogP contribution in [0.15, 0.2) is 67.0 Å². The Morgan fingerprint density at radius 3 is 2.11 bits per heavy atom. The number of ether oxygens (including phenoxy) is 2. The van der Waals surface area contributed by atoms with Gasteiger partial charge in [0.05, 0.1) is 37.5 Å². The van der Waals surface area contributed by atoms with E-state index in [1.807, 2.05) is 31.2 Å². The molecule has 2 aromatic carbocycles. The van der Waals surface area contributed by atoms with E-state index in [9.17, 15) is 13.2 Å². The highest BCUT2D eigenvalue weighted by atomic mass is 19.4. The third kappa shape index (κ3) is 4.70. The molecule has 0 amide bonds. The van der Waals surface area contributed by atoms with Gasteiger partial charge in [-0.25, -0.2) is 9.97 Å². The van der Waals surface area contributed by atoms with Gasteiger partial charge in [0.25, 0.3) is 5.95 Å². The lowest BCUT2D eigenvalue weighted by molar-refractivity contribution is -0.141. The highest BCUT2D eigenvalue weighted by molar-refractivity contribution is 5.76. The van der Waals surface area contributed by atoms with Gasteiger partial charge in [-0.2, -0.15) is 28.1 Å². The Kier molecular flexibility index (Phi) is 6.35. The molecule has 5 aromatic rings. The number of rotatable bonds is 6. The second kappa shape index (κ2) is 9.66. The van der Waals surface area contributed by atoms with Crippen molar-refractivity contribution >= 4 is 0 Å². The Hall–Kier alpha value is -4.67. The molecule has 3 heterocycles. The largest absolute Gasteiger partial charge is 0.497 e. The van der Waals surface area contributed by atoms with Crippen LogP contribution < -0.4 is 9.47 Å². The van der Waals surface area contributed by atoms with E-state index in [0.29, 0.717) is 34.0 Å². The normalized spacial score (nSPS) is 11.6. The number of hydrogen-bond donors (Lipinski definition) is 0. The maximum absolute atomic E-state index is 14.0. The van der Waals surface area contributed by atoms with Crippen molar-refractivity contribution in [2.45, 2.75) is 13.1 Å². The number of halogens is 3. The van der Waals surface area contributed by atoms with Crippen LogP contribution in [0, 0.1) is 6.92 Å². The van der Waals surface area contributed by atoms with Gasteiger partial charge in [-0.05, 0) is 37.3 Å². The number of hydrogen-bond acceptors (Lipinski definition) is 6. The molecule has 11 heteroatoms. The first-order valence-corrected chi connectivity index (χ1v) is 11.5. The summed E-state index contributed by atoms with van der Waals surface area (Å²) in [7, 11) is 4.78. The summed E-state index contributed by atoms with van der Waals surface area (Å²) in [5, 5.41) is 8.80. The molecule has 0 aliphatic heterocycles. The van der Waals surface area contributed by atoms with Crippen molar-refractivity contribution in [1.29, 1.82) is 0 Å². The molecule has 8 nitrogen and oxygen atoms in total. The summed E-state index contributed by atoms with van der Waals surface area (Å²) < 4.78 is 55.5. The molecular formula is C27H23F3N6O2. The minimum atomic E-state index is -4.71. The maximum Gasteiger partial charge on any atom is 0.433 e. The molecule has 5 rings (SSSR count). The molecule has 0 radical (unpaired) electrons. The summed E-state index contributed by atoms with van der Waals surface area (Å²) >= 11 is 0. The van der Waals surface area contributed by atoms with Crippen LogP contribution >= 0.6 is 0 Å². The molecule has 0 atom stereocenters. The zero-order valence-corrected chi connectivity index (χ0v) is 21.0. The molecule has 194 valence electrons. The summed E-state index contributed by atoms with van der Waals surface area (Å²) in [6.45, 7) is 1.85. The first-order chi connectivity index (χ1) is 18.2. The average molecular weight is 521 g/mol. The number of aromatic nitrogens is 6. The van der Waals surface area contributed by atoms with Gasteiger partial charge in [-0.15, -0.1) is 0 Å². The second-order valence-corrected chi connectivity index (χ2v) is 8.54.